The summed E-state index contributed by atoms with van der Waals surface area (Å²) in [5.74, 6) is 0. The van der Waals surface area contributed by atoms with Gasteiger partial charge in [-0.05, 0) is 16.4 Å². The predicted octanol–water partition coefficient (Wildman–Crippen LogP) is 1.12. The van der Waals surface area contributed by atoms with Gasteiger partial charge in [0.05, 0.1) is 12.4 Å². The molecule has 0 aliphatic heterocycles. The monoisotopic (exact) mass is 151 g/mol. The molecule has 0 amide bonds. The Labute approximate surface area is 62.8 Å². The van der Waals surface area contributed by atoms with Crippen LogP contribution in [0.3, 0.4) is 0 Å². The van der Waals surface area contributed by atoms with Gasteiger partial charge in [-0.2, -0.15) is 0 Å². The van der Waals surface area contributed by atoms with Gasteiger partial charge >= 0.3 is 0 Å². The van der Waals surface area contributed by atoms with E-state index in [1.807, 2.05) is 17.9 Å². The second-order valence-electron chi connectivity index (χ2n) is 2.22. The van der Waals surface area contributed by atoms with E-state index in [2.05, 4.69) is 22.6 Å². The Kier molecular flexibility index (Phi) is 1.17. The Bertz CT molecular complexity index is 353. The van der Waals surface area contributed by atoms with Crippen molar-refractivity contribution in [2.75, 3.05) is 0 Å². The molecule has 0 radical (unpaired) electrons. The third-order valence-electron chi connectivity index (χ3n) is 1.37. The van der Waals surface area contributed by atoms with Crippen LogP contribution in [0.15, 0.2) is 24.0 Å². The molecule has 2 aromatic rings. The molecule has 0 aliphatic rings. The highest BCUT2D eigenvalue weighted by Crippen LogP contribution is 2.14. The van der Waals surface area contributed by atoms with Gasteiger partial charge in [0.1, 0.15) is 6.20 Å². The number of aryl methyl sites for hydroxylation is 1. The summed E-state index contributed by atoms with van der Waals surface area (Å²) >= 11 is 1.67. The van der Waals surface area contributed by atoms with Crippen LogP contribution in [-0.4, -0.2) is 4.98 Å². The fourth-order valence-corrected chi connectivity index (χ4v) is 1.62. The average molecular weight is 151 g/mol. The molecule has 0 N–H and O–H groups in total. The lowest BCUT2D eigenvalue weighted by Gasteiger charge is -1.83. The number of hydrogen-bond acceptors (Lipinski definition) is 2. The zero-order valence-electron chi connectivity index (χ0n) is 5.61. The van der Waals surface area contributed by atoms with Crippen LogP contribution in [0.5, 0.6) is 0 Å². The lowest BCUT2D eigenvalue weighted by atomic mass is 10.4. The maximum atomic E-state index is 4.22. The van der Waals surface area contributed by atoms with Crippen LogP contribution in [0, 0.1) is 0 Å². The van der Waals surface area contributed by atoms with Gasteiger partial charge in [0.2, 0.25) is 4.83 Å². The minimum absolute atomic E-state index is 1.11. The highest BCUT2D eigenvalue weighted by Gasteiger charge is 2.00. The molecule has 0 spiro atoms. The van der Waals surface area contributed by atoms with Crippen molar-refractivity contribution in [1.82, 2.24) is 4.98 Å². The SMILES string of the molecule is C[n+]1cnc2sccc2c1. The molecule has 2 aromatic heterocycles. The van der Waals surface area contributed by atoms with Gasteiger partial charge < -0.3 is 0 Å². The first kappa shape index (κ1) is 5.80. The maximum Gasteiger partial charge on any atom is 0.287 e. The summed E-state index contributed by atoms with van der Waals surface area (Å²) in [6, 6.07) is 2.08. The standard InChI is InChI=1S/C7H7N2S/c1-9-4-6-2-3-10-7(6)8-5-9/h2-5H,1H3/q+1. The van der Waals surface area contributed by atoms with Crippen molar-refractivity contribution in [1.29, 1.82) is 0 Å². The van der Waals surface area contributed by atoms with Crippen molar-refractivity contribution in [3.63, 3.8) is 0 Å². The molecule has 2 heterocycles. The van der Waals surface area contributed by atoms with Crippen LogP contribution in [0.2, 0.25) is 0 Å². The van der Waals surface area contributed by atoms with E-state index in [-0.39, 0.29) is 0 Å². The second-order valence-corrected chi connectivity index (χ2v) is 3.11. The molecule has 3 heteroatoms. The largest absolute Gasteiger partial charge is 0.287 e. The van der Waals surface area contributed by atoms with E-state index in [9.17, 15) is 0 Å². The van der Waals surface area contributed by atoms with Gasteiger partial charge in [-0.1, -0.05) is 11.3 Å². The molecule has 0 aliphatic carbocycles. The maximum absolute atomic E-state index is 4.22. The van der Waals surface area contributed by atoms with Crippen molar-refractivity contribution < 1.29 is 4.57 Å². The van der Waals surface area contributed by atoms with Crippen molar-refractivity contribution >= 4 is 21.6 Å². The van der Waals surface area contributed by atoms with Crippen molar-refractivity contribution in [3.05, 3.63) is 24.0 Å². The average Bonchev–Trinajstić information content (AvgIpc) is 2.33. The fraction of sp³-hybridized carbons (Fsp3) is 0.143. The number of nitrogens with zero attached hydrogens (tertiary/aromatic N) is 2. The molecule has 0 fully saturated rings. The minimum atomic E-state index is 1.11. The Morgan fingerprint density at radius 1 is 1.60 bits per heavy atom. The van der Waals surface area contributed by atoms with Crippen LogP contribution in [-0.2, 0) is 7.05 Å². The van der Waals surface area contributed by atoms with Crippen LogP contribution in [0.4, 0.5) is 0 Å². The topological polar surface area (TPSA) is 16.8 Å². The third kappa shape index (κ3) is 0.789. The molecule has 50 valence electrons. The Hall–Kier alpha value is -0.960. The summed E-state index contributed by atoms with van der Waals surface area (Å²) in [6.45, 7) is 0. The van der Waals surface area contributed by atoms with Crippen molar-refractivity contribution in [2.24, 2.45) is 7.05 Å². The fourth-order valence-electron chi connectivity index (χ4n) is 0.911. The molecular weight excluding hydrogens is 144 g/mol. The number of fused-ring (bicyclic) bond motifs is 1. The highest BCUT2D eigenvalue weighted by atomic mass is 32.1. The molecule has 10 heavy (non-hydrogen) atoms. The van der Waals surface area contributed by atoms with Crippen LogP contribution in [0.1, 0.15) is 0 Å². The molecule has 0 atom stereocenters. The summed E-state index contributed by atoms with van der Waals surface area (Å²) < 4.78 is 1.95. The van der Waals surface area contributed by atoms with E-state index in [0.29, 0.717) is 0 Å². The Balaban J connectivity index is 2.86. The lowest BCUT2D eigenvalue weighted by molar-refractivity contribution is -0.673. The zero-order valence-corrected chi connectivity index (χ0v) is 6.43. The molecule has 2 rings (SSSR count). The quantitative estimate of drug-likeness (QED) is 0.515. The molecule has 2 nitrogen and oxygen atoms in total. The summed E-state index contributed by atoms with van der Waals surface area (Å²) in [7, 11) is 1.98. The number of thiophene rings is 1. The van der Waals surface area contributed by atoms with E-state index >= 15 is 0 Å². The normalized spacial score (nSPS) is 10.5. The molecule has 0 bridgehead atoms. The summed E-state index contributed by atoms with van der Waals surface area (Å²) in [5, 5.41) is 3.27. The number of hydrogen-bond donors (Lipinski definition) is 0. The van der Waals surface area contributed by atoms with Gasteiger partial charge in [-0.25, -0.2) is 4.57 Å². The smallest absolute Gasteiger partial charge is 0.239 e. The Morgan fingerprint density at radius 3 is 3.40 bits per heavy atom. The molecule has 0 aromatic carbocycles. The minimum Gasteiger partial charge on any atom is -0.239 e. The first-order valence-electron chi connectivity index (χ1n) is 3.05. The third-order valence-corrected chi connectivity index (χ3v) is 2.21. The van der Waals surface area contributed by atoms with E-state index < -0.39 is 0 Å². The molecular formula is C7H7N2S+. The molecule has 0 saturated heterocycles. The van der Waals surface area contributed by atoms with Gasteiger partial charge in [0.15, 0.2) is 0 Å². The predicted molar refractivity (Wildman–Crippen MR) is 40.8 cm³/mol. The van der Waals surface area contributed by atoms with E-state index in [1.165, 1.54) is 5.39 Å². The van der Waals surface area contributed by atoms with Crippen LogP contribution >= 0.6 is 11.3 Å². The molecule has 0 saturated carbocycles. The Morgan fingerprint density at radius 2 is 2.50 bits per heavy atom. The van der Waals surface area contributed by atoms with E-state index in [0.717, 1.165) is 4.83 Å². The van der Waals surface area contributed by atoms with Crippen LogP contribution in [0.25, 0.3) is 10.2 Å². The lowest BCUT2D eigenvalue weighted by Crippen LogP contribution is -2.26. The van der Waals surface area contributed by atoms with E-state index in [4.69, 9.17) is 0 Å². The van der Waals surface area contributed by atoms with E-state index in [1.54, 1.807) is 11.3 Å². The summed E-state index contributed by atoms with van der Waals surface area (Å²) in [6.07, 6.45) is 3.89. The molecule has 0 unspecified atom stereocenters. The van der Waals surface area contributed by atoms with Gasteiger partial charge in [-0.3, -0.25) is 0 Å². The van der Waals surface area contributed by atoms with Gasteiger partial charge in [0, 0.05) is 0 Å². The summed E-state index contributed by atoms with van der Waals surface area (Å²) in [5.41, 5.74) is 0. The van der Waals surface area contributed by atoms with Crippen molar-refractivity contribution in [3.8, 4) is 0 Å². The zero-order chi connectivity index (χ0) is 6.97. The second kappa shape index (κ2) is 2.02. The highest BCUT2D eigenvalue weighted by molar-refractivity contribution is 7.16. The number of aromatic nitrogens is 2. The number of rotatable bonds is 0. The van der Waals surface area contributed by atoms with Gasteiger partial charge in [0.25, 0.3) is 6.33 Å². The first-order chi connectivity index (χ1) is 4.86. The van der Waals surface area contributed by atoms with Gasteiger partial charge in [-0.15, -0.1) is 0 Å². The first-order valence-corrected chi connectivity index (χ1v) is 3.93. The van der Waals surface area contributed by atoms with Crippen molar-refractivity contribution in [2.45, 2.75) is 0 Å². The van der Waals surface area contributed by atoms with Crippen LogP contribution < -0.4 is 4.57 Å². The summed E-state index contributed by atoms with van der Waals surface area (Å²) in [4.78, 5) is 5.33.